The van der Waals surface area contributed by atoms with Crippen molar-refractivity contribution in [2.45, 2.75) is 18.9 Å². The zero-order chi connectivity index (χ0) is 9.80. The summed E-state index contributed by atoms with van der Waals surface area (Å²) in [5, 5.41) is 12.8. The predicted molar refractivity (Wildman–Crippen MR) is 57.1 cm³/mol. The van der Waals surface area contributed by atoms with E-state index in [0.29, 0.717) is 5.92 Å². The maximum absolute atomic E-state index is 9.60. The van der Waals surface area contributed by atoms with Crippen LogP contribution in [-0.2, 0) is 6.42 Å². The number of nitrogens with one attached hydrogen (secondary N) is 1. The number of aliphatic hydroxyl groups is 1. The normalized spacial score (nSPS) is 26.6. The molecule has 0 amide bonds. The van der Waals surface area contributed by atoms with E-state index in [1.54, 1.807) is 0 Å². The molecule has 2 rings (SSSR count). The van der Waals surface area contributed by atoms with E-state index < -0.39 is 0 Å². The molecular formula is C12H17NO. The zero-order valence-corrected chi connectivity index (χ0v) is 8.32. The van der Waals surface area contributed by atoms with Crippen molar-refractivity contribution in [3.8, 4) is 0 Å². The van der Waals surface area contributed by atoms with Gasteiger partial charge in [-0.3, -0.25) is 0 Å². The summed E-state index contributed by atoms with van der Waals surface area (Å²) in [6.07, 6.45) is 2.02. The molecule has 0 saturated carbocycles. The number of hydrogen-bond donors (Lipinski definition) is 2. The third-order valence-electron chi connectivity index (χ3n) is 2.95. The summed E-state index contributed by atoms with van der Waals surface area (Å²) >= 11 is 0. The van der Waals surface area contributed by atoms with Crippen LogP contribution in [0.4, 0.5) is 0 Å². The van der Waals surface area contributed by atoms with Gasteiger partial charge in [-0.1, -0.05) is 30.3 Å². The molecule has 14 heavy (non-hydrogen) atoms. The first kappa shape index (κ1) is 9.69. The lowest BCUT2D eigenvalue weighted by Crippen LogP contribution is -2.18. The molecule has 76 valence electrons. The molecule has 1 aromatic carbocycles. The molecule has 0 bridgehead atoms. The molecule has 1 fully saturated rings. The van der Waals surface area contributed by atoms with E-state index in [1.807, 2.05) is 6.07 Å². The van der Waals surface area contributed by atoms with E-state index >= 15 is 0 Å². The highest BCUT2D eigenvalue weighted by Gasteiger charge is 2.23. The Balaban J connectivity index is 1.82. The van der Waals surface area contributed by atoms with Crippen LogP contribution in [0, 0.1) is 5.92 Å². The van der Waals surface area contributed by atoms with Crippen LogP contribution in [0.2, 0.25) is 0 Å². The van der Waals surface area contributed by atoms with Crippen molar-refractivity contribution < 1.29 is 5.11 Å². The summed E-state index contributed by atoms with van der Waals surface area (Å²) in [7, 11) is 0. The Hall–Kier alpha value is -0.860. The topological polar surface area (TPSA) is 32.3 Å². The molecule has 1 aliphatic rings. The van der Waals surface area contributed by atoms with Gasteiger partial charge in [0.25, 0.3) is 0 Å². The lowest BCUT2D eigenvalue weighted by molar-refractivity contribution is 0.143. The van der Waals surface area contributed by atoms with Gasteiger partial charge in [-0.2, -0.15) is 0 Å². The van der Waals surface area contributed by atoms with Crippen LogP contribution in [0.3, 0.4) is 0 Å². The summed E-state index contributed by atoms with van der Waals surface area (Å²) in [5.41, 5.74) is 1.37. The highest BCUT2D eigenvalue weighted by molar-refractivity contribution is 5.14. The van der Waals surface area contributed by atoms with Crippen molar-refractivity contribution in [1.29, 1.82) is 0 Å². The summed E-state index contributed by atoms with van der Waals surface area (Å²) in [5.74, 6) is 0.440. The van der Waals surface area contributed by atoms with Crippen molar-refractivity contribution in [1.82, 2.24) is 5.32 Å². The molecule has 0 radical (unpaired) electrons. The fourth-order valence-electron chi connectivity index (χ4n) is 2.01. The first-order valence-corrected chi connectivity index (χ1v) is 5.29. The van der Waals surface area contributed by atoms with Crippen molar-refractivity contribution in [3.05, 3.63) is 35.9 Å². The summed E-state index contributed by atoms with van der Waals surface area (Å²) in [4.78, 5) is 0. The van der Waals surface area contributed by atoms with Crippen molar-refractivity contribution in [3.63, 3.8) is 0 Å². The summed E-state index contributed by atoms with van der Waals surface area (Å²) in [6, 6.07) is 10.5. The molecule has 0 aromatic heterocycles. The third-order valence-corrected chi connectivity index (χ3v) is 2.95. The predicted octanol–water partition coefficient (Wildman–Crippen LogP) is 1.20. The monoisotopic (exact) mass is 191 g/mol. The highest BCUT2D eigenvalue weighted by atomic mass is 16.3. The Kier molecular flexibility index (Phi) is 3.17. The Morgan fingerprint density at radius 3 is 2.64 bits per heavy atom. The van der Waals surface area contributed by atoms with Crippen LogP contribution < -0.4 is 5.32 Å². The molecule has 2 unspecified atom stereocenters. The van der Waals surface area contributed by atoms with Gasteiger partial charge < -0.3 is 10.4 Å². The van der Waals surface area contributed by atoms with Crippen LogP contribution in [-0.4, -0.2) is 24.3 Å². The Labute approximate surface area is 85.0 Å². The van der Waals surface area contributed by atoms with Crippen LogP contribution in [0.5, 0.6) is 0 Å². The van der Waals surface area contributed by atoms with Gasteiger partial charge in [0.1, 0.15) is 0 Å². The Morgan fingerprint density at radius 1 is 1.21 bits per heavy atom. The second-order valence-corrected chi connectivity index (χ2v) is 4.01. The van der Waals surface area contributed by atoms with Gasteiger partial charge in [0, 0.05) is 13.1 Å². The number of β-amino-alcohol motifs (C(OH)–C–C–N with tert-alkyl or cyclic N) is 1. The van der Waals surface area contributed by atoms with Crippen LogP contribution >= 0.6 is 0 Å². The van der Waals surface area contributed by atoms with Crippen LogP contribution in [0.15, 0.2) is 30.3 Å². The van der Waals surface area contributed by atoms with E-state index in [9.17, 15) is 5.11 Å². The number of rotatable bonds is 3. The Morgan fingerprint density at radius 2 is 2.00 bits per heavy atom. The quantitative estimate of drug-likeness (QED) is 0.752. The second kappa shape index (κ2) is 4.58. The molecule has 0 aliphatic carbocycles. The number of hydrogen-bond acceptors (Lipinski definition) is 2. The molecule has 2 atom stereocenters. The van der Waals surface area contributed by atoms with Crippen molar-refractivity contribution >= 4 is 0 Å². The average molecular weight is 191 g/mol. The van der Waals surface area contributed by atoms with Gasteiger partial charge in [0.15, 0.2) is 0 Å². The molecule has 1 aliphatic heterocycles. The van der Waals surface area contributed by atoms with Gasteiger partial charge in [0.2, 0.25) is 0 Å². The summed E-state index contributed by atoms with van der Waals surface area (Å²) < 4.78 is 0. The summed E-state index contributed by atoms with van der Waals surface area (Å²) in [6.45, 7) is 1.73. The number of aryl methyl sites for hydroxylation is 1. The first-order valence-electron chi connectivity index (χ1n) is 5.29. The van der Waals surface area contributed by atoms with Gasteiger partial charge in [0.05, 0.1) is 6.10 Å². The fourth-order valence-corrected chi connectivity index (χ4v) is 2.01. The van der Waals surface area contributed by atoms with Gasteiger partial charge in [-0.05, 0) is 24.3 Å². The van der Waals surface area contributed by atoms with E-state index in [4.69, 9.17) is 0 Å². The third kappa shape index (κ3) is 2.34. The largest absolute Gasteiger partial charge is 0.391 e. The lowest BCUT2D eigenvalue weighted by atomic mass is 9.97. The smallest absolute Gasteiger partial charge is 0.0704 e. The molecule has 2 N–H and O–H groups in total. The van der Waals surface area contributed by atoms with E-state index in [1.165, 1.54) is 5.56 Å². The molecule has 1 heterocycles. The number of benzene rings is 1. The van der Waals surface area contributed by atoms with Crippen molar-refractivity contribution in [2.24, 2.45) is 5.92 Å². The van der Waals surface area contributed by atoms with E-state index in [2.05, 4.69) is 29.6 Å². The minimum absolute atomic E-state index is 0.140. The first-order chi connectivity index (χ1) is 6.86. The molecule has 1 aromatic rings. The SMILES string of the molecule is OC1CNCC1CCc1ccccc1. The highest BCUT2D eigenvalue weighted by Crippen LogP contribution is 2.16. The molecule has 2 heteroatoms. The molecule has 2 nitrogen and oxygen atoms in total. The van der Waals surface area contributed by atoms with Crippen LogP contribution in [0.25, 0.3) is 0 Å². The molecule has 0 spiro atoms. The van der Waals surface area contributed by atoms with E-state index in [0.717, 1.165) is 25.9 Å². The lowest BCUT2D eigenvalue weighted by Gasteiger charge is -2.12. The van der Waals surface area contributed by atoms with Gasteiger partial charge in [-0.25, -0.2) is 0 Å². The van der Waals surface area contributed by atoms with Crippen molar-refractivity contribution in [2.75, 3.05) is 13.1 Å². The standard InChI is InChI=1S/C12H17NO/c14-12-9-13-8-11(12)7-6-10-4-2-1-3-5-10/h1-5,11-14H,6-9H2. The van der Waals surface area contributed by atoms with E-state index in [-0.39, 0.29) is 6.10 Å². The van der Waals surface area contributed by atoms with Gasteiger partial charge in [-0.15, -0.1) is 0 Å². The zero-order valence-electron chi connectivity index (χ0n) is 8.32. The van der Waals surface area contributed by atoms with Gasteiger partial charge >= 0.3 is 0 Å². The molecule has 1 saturated heterocycles. The van der Waals surface area contributed by atoms with Crippen LogP contribution in [0.1, 0.15) is 12.0 Å². The Bertz CT molecular complexity index is 273. The average Bonchev–Trinajstić information content (AvgIpc) is 2.63. The minimum Gasteiger partial charge on any atom is -0.391 e. The maximum Gasteiger partial charge on any atom is 0.0704 e. The second-order valence-electron chi connectivity index (χ2n) is 4.01. The molecular weight excluding hydrogens is 174 g/mol. The number of aliphatic hydroxyl groups excluding tert-OH is 1. The minimum atomic E-state index is -0.140. The maximum atomic E-state index is 9.60. The fraction of sp³-hybridized carbons (Fsp3) is 0.500.